The second-order valence-corrected chi connectivity index (χ2v) is 17.7. The lowest BCUT2D eigenvalue weighted by molar-refractivity contribution is -0.0593. The molecule has 3 aliphatic rings. The van der Waals surface area contributed by atoms with Gasteiger partial charge in [-0.2, -0.15) is 10.2 Å². The third kappa shape index (κ3) is 5.96. The van der Waals surface area contributed by atoms with Gasteiger partial charge in [0.2, 0.25) is 0 Å². The van der Waals surface area contributed by atoms with Gasteiger partial charge in [0.1, 0.15) is 5.82 Å². The molecule has 2 fully saturated rings. The van der Waals surface area contributed by atoms with Gasteiger partial charge in [0.25, 0.3) is 5.91 Å². The molecule has 2 aliphatic heterocycles. The maximum Gasteiger partial charge on any atom is 0.438 e. The van der Waals surface area contributed by atoms with Gasteiger partial charge in [-0.15, -0.1) is 0 Å². The van der Waals surface area contributed by atoms with E-state index in [1.54, 1.807) is 31.1 Å². The smallest absolute Gasteiger partial charge is 0.376 e. The lowest BCUT2D eigenvalue weighted by Gasteiger charge is -2.35. The summed E-state index contributed by atoms with van der Waals surface area (Å²) in [6.07, 6.45) is 10.9. The number of nitrogens with one attached hydrogen (secondary N) is 1. The van der Waals surface area contributed by atoms with E-state index in [0.717, 1.165) is 45.3 Å². The lowest BCUT2D eigenvalue weighted by atomic mass is 9.84. The molecule has 1 saturated heterocycles. The summed E-state index contributed by atoms with van der Waals surface area (Å²) in [4.78, 5) is 46.5. The van der Waals surface area contributed by atoms with Crippen molar-refractivity contribution in [1.29, 1.82) is 0 Å². The number of H-pyrrole nitrogens is 1. The minimum Gasteiger partial charge on any atom is -0.376 e. The summed E-state index contributed by atoms with van der Waals surface area (Å²) < 4.78 is 78.0. The molecule has 328 valence electrons. The molecule has 2 aromatic carbocycles. The third-order valence-electron chi connectivity index (χ3n) is 13.3. The van der Waals surface area contributed by atoms with E-state index < -0.39 is 46.2 Å². The Morgan fingerprint density at radius 1 is 0.953 bits per heavy atom. The quantitative estimate of drug-likeness (QED) is 0.137. The second-order valence-electron chi connectivity index (χ2n) is 17.7. The van der Waals surface area contributed by atoms with E-state index >= 15 is 9.18 Å². The maximum atomic E-state index is 16.0. The van der Waals surface area contributed by atoms with Crippen molar-refractivity contribution in [2.75, 3.05) is 13.2 Å². The summed E-state index contributed by atoms with van der Waals surface area (Å²) in [5, 5.41) is 13.1. The number of hydrogen-bond donors (Lipinski definition) is 1. The zero-order chi connectivity index (χ0) is 44.6. The molecule has 0 radical (unpaired) electrons. The van der Waals surface area contributed by atoms with E-state index in [-0.39, 0.29) is 53.0 Å². The van der Waals surface area contributed by atoms with Gasteiger partial charge in [-0.05, 0) is 76.1 Å². The summed E-state index contributed by atoms with van der Waals surface area (Å²) in [5.74, 6) is -5.86. The highest BCUT2D eigenvalue weighted by Gasteiger charge is 2.53. The molecular weight excluding hydrogens is 837 g/mol. The normalized spacial score (nSPS) is 19.2. The number of hydrogen-bond acceptors (Lipinski definition) is 8. The maximum absolute atomic E-state index is 16.0. The van der Waals surface area contributed by atoms with Crippen LogP contribution < -0.4 is 11.4 Å². The molecular formula is C45H40F4N10O5. The number of fused-ring (bicyclic) bond motifs is 3. The highest BCUT2D eigenvalue weighted by molar-refractivity contribution is 5.99. The first-order chi connectivity index (χ1) is 30.6. The van der Waals surface area contributed by atoms with Crippen LogP contribution in [0.15, 0.2) is 81.5 Å². The first-order valence-corrected chi connectivity index (χ1v) is 21.0. The summed E-state index contributed by atoms with van der Waals surface area (Å²) in [6, 6.07) is 7.86. The zero-order valence-electron chi connectivity index (χ0n) is 35.0. The summed E-state index contributed by atoms with van der Waals surface area (Å²) in [6.45, 7) is 6.68. The molecule has 8 heterocycles. The van der Waals surface area contributed by atoms with Crippen molar-refractivity contribution in [2.24, 2.45) is 7.05 Å². The summed E-state index contributed by atoms with van der Waals surface area (Å²) in [5.41, 5.74) is 2.00. The SMILES string of the molecule is C[C@H]1c2c(nn(-c3cc(F)c(F)c(F)c3)c2-n2ccn(-c3ccc4c(cnn4C)c3F)c2=O)CCN1C(=O)c1cn2cc([C@@H]3CCOC(C)(C)C3)ccc2c1C1(c2noc(=O)[nH]2)CC1. The molecule has 64 heavy (non-hydrogen) atoms. The second kappa shape index (κ2) is 14.0. The molecule has 0 unspecified atom stereocenters. The largest absolute Gasteiger partial charge is 0.438 e. The number of amides is 1. The average Bonchev–Trinajstić information content (AvgIpc) is 3.72. The van der Waals surface area contributed by atoms with Crippen LogP contribution in [0.2, 0.25) is 0 Å². The Balaban J connectivity index is 1.05. The summed E-state index contributed by atoms with van der Waals surface area (Å²) in [7, 11) is 1.66. The first kappa shape index (κ1) is 39.8. The monoisotopic (exact) mass is 876 g/mol. The number of carbonyl (C=O) groups excluding carboxylic acids is 1. The Labute approximate surface area is 360 Å². The van der Waals surface area contributed by atoms with E-state index in [1.165, 1.54) is 33.9 Å². The molecule has 19 heteroatoms. The van der Waals surface area contributed by atoms with E-state index in [1.807, 2.05) is 16.7 Å². The Bertz CT molecular complexity index is 3340. The van der Waals surface area contributed by atoms with Crippen molar-refractivity contribution in [1.82, 2.24) is 48.1 Å². The van der Waals surface area contributed by atoms with E-state index in [9.17, 15) is 22.8 Å². The predicted octanol–water partition coefficient (Wildman–Crippen LogP) is 6.70. The van der Waals surface area contributed by atoms with Crippen LogP contribution in [0.4, 0.5) is 17.6 Å². The number of pyridine rings is 1. The highest BCUT2D eigenvalue weighted by Crippen LogP contribution is 2.55. The lowest BCUT2D eigenvalue weighted by Crippen LogP contribution is -2.40. The Morgan fingerprint density at radius 2 is 1.70 bits per heavy atom. The number of rotatable bonds is 7. The van der Waals surface area contributed by atoms with Gasteiger partial charge in [-0.3, -0.25) is 28.1 Å². The van der Waals surface area contributed by atoms with Gasteiger partial charge in [0.05, 0.1) is 62.3 Å². The third-order valence-corrected chi connectivity index (χ3v) is 13.3. The average molecular weight is 877 g/mol. The topological polar surface area (TPSA) is 155 Å². The minimum absolute atomic E-state index is 0.0159. The van der Waals surface area contributed by atoms with Crippen LogP contribution in [-0.4, -0.2) is 72.8 Å². The number of imidazole rings is 1. The van der Waals surface area contributed by atoms with Gasteiger partial charge in [-0.1, -0.05) is 11.2 Å². The zero-order valence-corrected chi connectivity index (χ0v) is 35.0. The van der Waals surface area contributed by atoms with E-state index in [0.29, 0.717) is 53.2 Å². The van der Waals surface area contributed by atoms with E-state index in [4.69, 9.17) is 14.4 Å². The van der Waals surface area contributed by atoms with Crippen LogP contribution in [0.3, 0.4) is 0 Å². The molecule has 1 amide bonds. The fraction of sp³-hybridized carbons (Fsp3) is 0.333. The number of aromatic amines is 1. The standard InChI is InChI=1S/C45H40F4N10O5/c1-23-35-31(52-59(26-17-29(46)38(49)30(47)18-26)39(35)58-15-14-57(43(58)62)34-8-7-32-27(37(34)48)20-50-54(32)4)9-13-56(23)40(60)28-22-55-21-25(24-10-16-63-44(2,3)19-24)5-6-33(55)36(28)45(11-12-45)41-51-42(61)64-53-41/h5-8,14-15,17-18,20-24H,9-13,16,19H2,1-4H3,(H,51,53,61)/t23-,24+/m0/s1. The fourth-order valence-corrected chi connectivity index (χ4v) is 10.0. The number of aryl methyl sites for hydroxylation is 1. The highest BCUT2D eigenvalue weighted by atomic mass is 19.2. The molecule has 8 aromatic rings. The number of carbonyl (C=O) groups is 1. The molecule has 0 spiro atoms. The van der Waals surface area contributed by atoms with Gasteiger partial charge in [-0.25, -0.2) is 31.8 Å². The van der Waals surface area contributed by atoms with Crippen molar-refractivity contribution in [3.8, 4) is 17.2 Å². The van der Waals surface area contributed by atoms with Crippen molar-refractivity contribution in [3.05, 3.63) is 145 Å². The molecule has 1 N–H and O–H groups in total. The van der Waals surface area contributed by atoms with Crippen LogP contribution in [0.5, 0.6) is 0 Å². The van der Waals surface area contributed by atoms with Crippen LogP contribution >= 0.6 is 0 Å². The number of ether oxygens (including phenoxy) is 1. The van der Waals surface area contributed by atoms with Crippen molar-refractivity contribution >= 4 is 22.3 Å². The first-order valence-electron chi connectivity index (χ1n) is 21.0. The molecule has 15 nitrogen and oxygen atoms in total. The van der Waals surface area contributed by atoms with Crippen LogP contribution in [0.1, 0.15) is 97.0 Å². The van der Waals surface area contributed by atoms with Crippen molar-refractivity contribution < 1.29 is 31.6 Å². The van der Waals surface area contributed by atoms with Gasteiger partial charge in [0, 0.05) is 74.7 Å². The van der Waals surface area contributed by atoms with Crippen LogP contribution in [0, 0.1) is 23.3 Å². The number of halogens is 4. The Kier molecular flexibility index (Phi) is 8.70. The minimum atomic E-state index is -1.68. The molecule has 6 aromatic heterocycles. The number of nitrogens with zero attached hydrogens (tertiary/aromatic N) is 9. The van der Waals surface area contributed by atoms with Gasteiger partial charge < -0.3 is 14.0 Å². The van der Waals surface area contributed by atoms with Crippen molar-refractivity contribution in [3.63, 3.8) is 0 Å². The molecule has 1 aliphatic carbocycles. The molecule has 2 atom stereocenters. The summed E-state index contributed by atoms with van der Waals surface area (Å²) >= 11 is 0. The number of aromatic nitrogens is 9. The van der Waals surface area contributed by atoms with Crippen molar-refractivity contribution in [2.45, 2.75) is 75.9 Å². The van der Waals surface area contributed by atoms with Gasteiger partial charge in [0.15, 0.2) is 29.1 Å². The van der Waals surface area contributed by atoms with Crippen LogP contribution in [0.25, 0.3) is 33.6 Å². The van der Waals surface area contributed by atoms with Crippen LogP contribution in [-0.2, 0) is 23.6 Å². The molecule has 11 rings (SSSR count). The van der Waals surface area contributed by atoms with Gasteiger partial charge >= 0.3 is 11.4 Å². The number of benzene rings is 2. The Hall–Kier alpha value is -7.02. The molecule has 0 bridgehead atoms. The molecule has 1 saturated carbocycles. The Morgan fingerprint density at radius 3 is 2.42 bits per heavy atom. The fourth-order valence-electron chi connectivity index (χ4n) is 10.0. The van der Waals surface area contributed by atoms with E-state index in [2.05, 4.69) is 35.2 Å². The predicted molar refractivity (Wildman–Crippen MR) is 222 cm³/mol.